The first-order chi connectivity index (χ1) is 8.20. The van der Waals surface area contributed by atoms with E-state index in [1.807, 2.05) is 19.1 Å². The molecule has 0 aliphatic heterocycles. The third kappa shape index (κ3) is 2.53. The van der Waals surface area contributed by atoms with Crippen molar-refractivity contribution >= 4 is 11.5 Å². The SMILES string of the molecule is CCn1nccc1C(=O)Cc1ccc(N)cc1. The van der Waals surface area contributed by atoms with Crippen molar-refractivity contribution in [1.29, 1.82) is 0 Å². The average molecular weight is 229 g/mol. The molecule has 2 aromatic rings. The Labute approximate surface area is 100 Å². The molecule has 2 rings (SSSR count). The van der Waals surface area contributed by atoms with Gasteiger partial charge in [-0.1, -0.05) is 12.1 Å². The van der Waals surface area contributed by atoms with Gasteiger partial charge < -0.3 is 5.73 Å². The van der Waals surface area contributed by atoms with E-state index in [0.717, 1.165) is 5.56 Å². The lowest BCUT2D eigenvalue weighted by molar-refractivity contribution is 0.0983. The summed E-state index contributed by atoms with van der Waals surface area (Å²) in [5.41, 5.74) is 7.93. The number of hydrogen-bond acceptors (Lipinski definition) is 3. The van der Waals surface area contributed by atoms with Crippen LogP contribution in [0, 0.1) is 0 Å². The Morgan fingerprint density at radius 2 is 2.00 bits per heavy atom. The Bertz CT molecular complexity index is 514. The molecule has 0 saturated carbocycles. The second-order valence-electron chi connectivity index (χ2n) is 3.87. The van der Waals surface area contributed by atoms with Gasteiger partial charge in [0, 0.05) is 24.8 Å². The summed E-state index contributed by atoms with van der Waals surface area (Å²) in [4.78, 5) is 12.0. The van der Waals surface area contributed by atoms with Gasteiger partial charge in [0.25, 0.3) is 0 Å². The number of nitrogens with two attached hydrogens (primary N) is 1. The highest BCUT2D eigenvalue weighted by Gasteiger charge is 2.11. The number of ketones is 1. The summed E-state index contributed by atoms with van der Waals surface area (Å²) in [6, 6.07) is 9.11. The number of aromatic nitrogens is 2. The predicted octanol–water partition coefficient (Wildman–Crippen LogP) is 1.91. The lowest BCUT2D eigenvalue weighted by atomic mass is 10.1. The number of aryl methyl sites for hydroxylation is 1. The fourth-order valence-corrected chi connectivity index (χ4v) is 1.73. The van der Waals surface area contributed by atoms with E-state index in [1.54, 1.807) is 29.1 Å². The Balaban J connectivity index is 2.14. The van der Waals surface area contributed by atoms with Crippen LogP contribution in [0.5, 0.6) is 0 Å². The monoisotopic (exact) mass is 229 g/mol. The zero-order valence-electron chi connectivity index (χ0n) is 9.76. The van der Waals surface area contributed by atoms with E-state index in [0.29, 0.717) is 24.3 Å². The van der Waals surface area contributed by atoms with Crippen molar-refractivity contribution < 1.29 is 4.79 Å². The molecule has 4 heteroatoms. The number of anilines is 1. The molecular formula is C13H15N3O. The molecule has 0 unspecified atom stereocenters. The molecule has 1 aromatic carbocycles. The van der Waals surface area contributed by atoms with Crippen molar-refractivity contribution in [2.75, 3.05) is 5.73 Å². The van der Waals surface area contributed by atoms with E-state index < -0.39 is 0 Å². The first-order valence-corrected chi connectivity index (χ1v) is 5.60. The highest BCUT2D eigenvalue weighted by Crippen LogP contribution is 2.10. The van der Waals surface area contributed by atoms with Crippen molar-refractivity contribution in [3.05, 3.63) is 47.8 Å². The number of nitrogens with zero attached hydrogens (tertiary/aromatic N) is 2. The third-order valence-electron chi connectivity index (χ3n) is 2.65. The molecular weight excluding hydrogens is 214 g/mol. The maximum atomic E-state index is 12.0. The van der Waals surface area contributed by atoms with E-state index in [1.165, 1.54) is 0 Å². The summed E-state index contributed by atoms with van der Waals surface area (Å²) in [5, 5.41) is 4.09. The van der Waals surface area contributed by atoms with Crippen LogP contribution in [0.3, 0.4) is 0 Å². The number of benzene rings is 1. The summed E-state index contributed by atoms with van der Waals surface area (Å²) in [6.07, 6.45) is 2.03. The average Bonchev–Trinajstić information content (AvgIpc) is 2.80. The van der Waals surface area contributed by atoms with Crippen LogP contribution in [0.25, 0.3) is 0 Å². The Hall–Kier alpha value is -2.10. The number of carbonyl (C=O) groups excluding carboxylic acids is 1. The molecule has 0 aliphatic carbocycles. The fourth-order valence-electron chi connectivity index (χ4n) is 1.73. The lowest BCUT2D eigenvalue weighted by Gasteiger charge is -2.04. The summed E-state index contributed by atoms with van der Waals surface area (Å²) in [7, 11) is 0. The minimum Gasteiger partial charge on any atom is -0.399 e. The molecule has 0 atom stereocenters. The highest BCUT2D eigenvalue weighted by atomic mass is 16.1. The Morgan fingerprint density at radius 3 is 2.65 bits per heavy atom. The molecule has 0 bridgehead atoms. The Morgan fingerprint density at radius 1 is 1.29 bits per heavy atom. The smallest absolute Gasteiger partial charge is 0.185 e. The quantitative estimate of drug-likeness (QED) is 0.643. The second-order valence-corrected chi connectivity index (χ2v) is 3.87. The summed E-state index contributed by atoms with van der Waals surface area (Å²) >= 11 is 0. The minimum atomic E-state index is 0.0779. The minimum absolute atomic E-state index is 0.0779. The maximum Gasteiger partial charge on any atom is 0.185 e. The van der Waals surface area contributed by atoms with Crippen molar-refractivity contribution in [3.63, 3.8) is 0 Å². The van der Waals surface area contributed by atoms with Gasteiger partial charge in [-0.15, -0.1) is 0 Å². The molecule has 0 fully saturated rings. The van der Waals surface area contributed by atoms with Crippen molar-refractivity contribution in [3.8, 4) is 0 Å². The first kappa shape index (κ1) is 11.4. The van der Waals surface area contributed by atoms with Crippen molar-refractivity contribution in [2.45, 2.75) is 19.9 Å². The van der Waals surface area contributed by atoms with Crippen LogP contribution in [-0.2, 0) is 13.0 Å². The van der Waals surface area contributed by atoms with Gasteiger partial charge in [0.1, 0.15) is 5.69 Å². The second kappa shape index (κ2) is 4.82. The summed E-state index contributed by atoms with van der Waals surface area (Å²) in [6.45, 7) is 2.67. The summed E-state index contributed by atoms with van der Waals surface area (Å²) < 4.78 is 1.71. The number of Topliss-reactive ketones (excluding diaryl/α,β-unsaturated/α-hetero) is 1. The van der Waals surface area contributed by atoms with E-state index >= 15 is 0 Å². The molecule has 1 heterocycles. The molecule has 2 N–H and O–H groups in total. The van der Waals surface area contributed by atoms with Crippen LogP contribution in [0.15, 0.2) is 36.5 Å². The molecule has 0 radical (unpaired) electrons. The molecule has 0 aliphatic rings. The van der Waals surface area contributed by atoms with Crippen LogP contribution in [0.4, 0.5) is 5.69 Å². The fraction of sp³-hybridized carbons (Fsp3) is 0.231. The van der Waals surface area contributed by atoms with E-state index in [-0.39, 0.29) is 5.78 Å². The molecule has 0 saturated heterocycles. The van der Waals surface area contributed by atoms with Gasteiger partial charge in [0.05, 0.1) is 0 Å². The maximum absolute atomic E-state index is 12.0. The summed E-state index contributed by atoms with van der Waals surface area (Å²) in [5.74, 6) is 0.0779. The molecule has 0 spiro atoms. The molecule has 4 nitrogen and oxygen atoms in total. The van der Waals surface area contributed by atoms with Gasteiger partial charge in [-0.3, -0.25) is 9.48 Å². The first-order valence-electron chi connectivity index (χ1n) is 5.60. The van der Waals surface area contributed by atoms with Crippen LogP contribution in [0.1, 0.15) is 23.0 Å². The van der Waals surface area contributed by atoms with Gasteiger partial charge in [0.2, 0.25) is 0 Å². The van der Waals surface area contributed by atoms with E-state index in [4.69, 9.17) is 5.73 Å². The predicted molar refractivity (Wildman–Crippen MR) is 66.8 cm³/mol. The highest BCUT2D eigenvalue weighted by molar-refractivity contribution is 5.95. The number of carbonyl (C=O) groups is 1. The van der Waals surface area contributed by atoms with E-state index in [9.17, 15) is 4.79 Å². The van der Waals surface area contributed by atoms with Crippen LogP contribution in [-0.4, -0.2) is 15.6 Å². The third-order valence-corrected chi connectivity index (χ3v) is 2.65. The van der Waals surface area contributed by atoms with Crippen molar-refractivity contribution in [1.82, 2.24) is 9.78 Å². The van der Waals surface area contributed by atoms with Gasteiger partial charge in [-0.05, 0) is 30.7 Å². The number of hydrogen-bond donors (Lipinski definition) is 1. The zero-order chi connectivity index (χ0) is 12.3. The molecule has 0 amide bonds. The van der Waals surface area contributed by atoms with Crippen LogP contribution < -0.4 is 5.73 Å². The van der Waals surface area contributed by atoms with Gasteiger partial charge in [-0.25, -0.2) is 0 Å². The molecule has 1 aromatic heterocycles. The van der Waals surface area contributed by atoms with Gasteiger partial charge in [-0.2, -0.15) is 5.10 Å². The zero-order valence-corrected chi connectivity index (χ0v) is 9.76. The largest absolute Gasteiger partial charge is 0.399 e. The number of rotatable bonds is 4. The van der Waals surface area contributed by atoms with Gasteiger partial charge in [0.15, 0.2) is 5.78 Å². The van der Waals surface area contributed by atoms with Crippen LogP contribution >= 0.6 is 0 Å². The van der Waals surface area contributed by atoms with Crippen molar-refractivity contribution in [2.24, 2.45) is 0 Å². The lowest BCUT2D eigenvalue weighted by Crippen LogP contribution is -2.11. The number of nitrogen functional groups attached to an aromatic ring is 1. The molecule has 17 heavy (non-hydrogen) atoms. The standard InChI is InChI=1S/C13H15N3O/c1-2-16-12(7-8-15-16)13(17)9-10-3-5-11(14)6-4-10/h3-8H,2,9,14H2,1H3. The normalized spacial score (nSPS) is 10.4. The van der Waals surface area contributed by atoms with Crippen LogP contribution in [0.2, 0.25) is 0 Å². The van der Waals surface area contributed by atoms with Gasteiger partial charge >= 0.3 is 0 Å². The topological polar surface area (TPSA) is 60.9 Å². The molecule has 88 valence electrons. The van der Waals surface area contributed by atoms with E-state index in [2.05, 4.69) is 5.10 Å². The Kier molecular flexibility index (Phi) is 3.23.